The fourth-order valence-corrected chi connectivity index (χ4v) is 1.99. The van der Waals surface area contributed by atoms with Gasteiger partial charge in [0.1, 0.15) is 5.82 Å². The number of hydrogen-bond acceptors (Lipinski definition) is 3. The molecule has 0 radical (unpaired) electrons. The minimum Gasteiger partial charge on any atom is -0.330 e. The smallest absolute Gasteiger partial charge is 0.153 e. The maximum absolute atomic E-state index is 6.18. The highest BCUT2D eigenvalue weighted by Gasteiger charge is 2.13. The Morgan fingerprint density at radius 3 is 2.68 bits per heavy atom. The third-order valence-corrected chi connectivity index (χ3v) is 3.38. The van der Waals surface area contributed by atoms with Crippen molar-refractivity contribution in [3.8, 4) is 5.69 Å². The van der Waals surface area contributed by atoms with Gasteiger partial charge in [0.05, 0.1) is 5.69 Å². The highest BCUT2D eigenvalue weighted by molar-refractivity contribution is 6.31. The summed E-state index contributed by atoms with van der Waals surface area (Å²) in [5.41, 5.74) is 7.62. The SMILES string of the molecule is Cc1ccc(-n2nc(C(C)C)nc2CCN)cc1Cl. The van der Waals surface area contributed by atoms with Crippen LogP contribution < -0.4 is 5.73 Å². The number of benzene rings is 1. The van der Waals surface area contributed by atoms with Crippen LogP contribution in [-0.4, -0.2) is 21.3 Å². The molecule has 102 valence electrons. The number of hydrogen-bond donors (Lipinski definition) is 1. The zero-order chi connectivity index (χ0) is 14.0. The van der Waals surface area contributed by atoms with Crippen LogP contribution in [0.5, 0.6) is 0 Å². The van der Waals surface area contributed by atoms with Crippen molar-refractivity contribution in [2.45, 2.75) is 33.1 Å². The van der Waals surface area contributed by atoms with Crippen LogP contribution in [0.3, 0.4) is 0 Å². The Morgan fingerprint density at radius 1 is 1.37 bits per heavy atom. The largest absolute Gasteiger partial charge is 0.330 e. The van der Waals surface area contributed by atoms with E-state index in [1.54, 1.807) is 0 Å². The molecule has 0 unspecified atom stereocenters. The Balaban J connectivity index is 2.49. The molecule has 1 aromatic carbocycles. The first-order valence-electron chi connectivity index (χ1n) is 6.45. The van der Waals surface area contributed by atoms with Crippen molar-refractivity contribution in [3.63, 3.8) is 0 Å². The molecule has 1 aromatic heterocycles. The van der Waals surface area contributed by atoms with Gasteiger partial charge in [-0.2, -0.15) is 5.10 Å². The van der Waals surface area contributed by atoms with Gasteiger partial charge in [-0.1, -0.05) is 31.5 Å². The Kier molecular flexibility index (Phi) is 4.22. The van der Waals surface area contributed by atoms with Crippen LogP contribution in [0.1, 0.15) is 37.0 Å². The van der Waals surface area contributed by atoms with Gasteiger partial charge < -0.3 is 5.73 Å². The van der Waals surface area contributed by atoms with E-state index >= 15 is 0 Å². The van der Waals surface area contributed by atoms with Crippen molar-refractivity contribution in [2.24, 2.45) is 5.73 Å². The van der Waals surface area contributed by atoms with Crippen molar-refractivity contribution in [2.75, 3.05) is 6.54 Å². The second-order valence-electron chi connectivity index (χ2n) is 4.92. The summed E-state index contributed by atoms with van der Waals surface area (Å²) in [7, 11) is 0. The van der Waals surface area contributed by atoms with E-state index in [1.165, 1.54) is 0 Å². The maximum atomic E-state index is 6.18. The van der Waals surface area contributed by atoms with Crippen molar-refractivity contribution in [3.05, 3.63) is 40.4 Å². The molecule has 0 fully saturated rings. The second-order valence-corrected chi connectivity index (χ2v) is 5.33. The van der Waals surface area contributed by atoms with E-state index in [9.17, 15) is 0 Å². The van der Waals surface area contributed by atoms with E-state index in [0.717, 1.165) is 27.9 Å². The third kappa shape index (κ3) is 2.96. The van der Waals surface area contributed by atoms with Gasteiger partial charge in [0, 0.05) is 17.4 Å². The number of nitrogens with zero attached hydrogens (tertiary/aromatic N) is 3. The molecule has 0 aliphatic rings. The summed E-state index contributed by atoms with van der Waals surface area (Å²) in [6.45, 7) is 6.69. The fraction of sp³-hybridized carbons (Fsp3) is 0.429. The summed E-state index contributed by atoms with van der Waals surface area (Å²) in [4.78, 5) is 4.56. The molecule has 0 saturated carbocycles. The summed E-state index contributed by atoms with van der Waals surface area (Å²) in [6, 6.07) is 5.90. The maximum Gasteiger partial charge on any atom is 0.153 e. The number of aromatic nitrogens is 3. The normalized spacial score (nSPS) is 11.3. The van der Waals surface area contributed by atoms with E-state index < -0.39 is 0 Å². The first-order valence-corrected chi connectivity index (χ1v) is 6.83. The quantitative estimate of drug-likeness (QED) is 0.936. The third-order valence-electron chi connectivity index (χ3n) is 2.97. The van der Waals surface area contributed by atoms with Gasteiger partial charge in [-0.15, -0.1) is 0 Å². The molecule has 0 saturated heterocycles. The van der Waals surface area contributed by atoms with E-state index in [4.69, 9.17) is 17.3 Å². The first kappa shape index (κ1) is 14.0. The standard InChI is InChI=1S/C14H19ClN4/c1-9(2)14-17-13(6-7-16)19(18-14)11-5-4-10(3)12(15)8-11/h4-5,8-9H,6-7,16H2,1-3H3. The average Bonchev–Trinajstić information content (AvgIpc) is 2.77. The van der Waals surface area contributed by atoms with Crippen LogP contribution in [0.25, 0.3) is 5.69 Å². The van der Waals surface area contributed by atoms with Crippen molar-refractivity contribution < 1.29 is 0 Å². The van der Waals surface area contributed by atoms with E-state index in [0.29, 0.717) is 18.9 Å². The predicted octanol–water partition coefficient (Wildman–Crippen LogP) is 2.85. The Labute approximate surface area is 118 Å². The highest BCUT2D eigenvalue weighted by Crippen LogP contribution is 2.21. The van der Waals surface area contributed by atoms with Gasteiger partial charge in [-0.05, 0) is 31.2 Å². The molecule has 2 rings (SSSR count). The second kappa shape index (κ2) is 5.72. The predicted molar refractivity (Wildman–Crippen MR) is 78.0 cm³/mol. The highest BCUT2D eigenvalue weighted by atomic mass is 35.5. The van der Waals surface area contributed by atoms with Crippen LogP contribution in [0, 0.1) is 6.92 Å². The Hall–Kier alpha value is -1.39. The van der Waals surface area contributed by atoms with Gasteiger partial charge in [0.25, 0.3) is 0 Å². The molecule has 1 heterocycles. The molecule has 2 aromatic rings. The van der Waals surface area contributed by atoms with Crippen molar-refractivity contribution in [1.29, 1.82) is 0 Å². The van der Waals surface area contributed by atoms with Gasteiger partial charge in [-0.3, -0.25) is 0 Å². The van der Waals surface area contributed by atoms with E-state index in [1.807, 2.05) is 29.8 Å². The van der Waals surface area contributed by atoms with Crippen molar-refractivity contribution >= 4 is 11.6 Å². The van der Waals surface area contributed by atoms with E-state index in [-0.39, 0.29) is 0 Å². The molecule has 0 atom stereocenters. The van der Waals surface area contributed by atoms with Gasteiger partial charge in [0.2, 0.25) is 0 Å². The lowest BCUT2D eigenvalue weighted by Crippen LogP contribution is -2.09. The zero-order valence-corrected chi connectivity index (χ0v) is 12.3. The lowest BCUT2D eigenvalue weighted by Gasteiger charge is -2.06. The molecular weight excluding hydrogens is 260 g/mol. The molecule has 0 aliphatic carbocycles. The van der Waals surface area contributed by atoms with Crippen molar-refractivity contribution in [1.82, 2.24) is 14.8 Å². The zero-order valence-electron chi connectivity index (χ0n) is 11.5. The number of halogens is 1. The number of nitrogens with two attached hydrogens (primary N) is 1. The molecule has 19 heavy (non-hydrogen) atoms. The Bertz CT molecular complexity index is 575. The summed E-state index contributed by atoms with van der Waals surface area (Å²) in [5, 5.41) is 5.29. The van der Waals surface area contributed by atoms with Crippen LogP contribution in [-0.2, 0) is 6.42 Å². The summed E-state index contributed by atoms with van der Waals surface area (Å²) < 4.78 is 1.84. The summed E-state index contributed by atoms with van der Waals surface area (Å²) in [6.07, 6.45) is 0.700. The molecule has 0 amide bonds. The first-order chi connectivity index (χ1) is 9.02. The minimum absolute atomic E-state index is 0.290. The summed E-state index contributed by atoms with van der Waals surface area (Å²) in [5.74, 6) is 2.00. The fourth-order valence-electron chi connectivity index (χ4n) is 1.82. The molecule has 0 spiro atoms. The Morgan fingerprint density at radius 2 is 2.11 bits per heavy atom. The number of aryl methyl sites for hydroxylation is 1. The molecular formula is C14H19ClN4. The van der Waals surface area contributed by atoms with Gasteiger partial charge >= 0.3 is 0 Å². The summed E-state index contributed by atoms with van der Waals surface area (Å²) >= 11 is 6.18. The van der Waals surface area contributed by atoms with E-state index in [2.05, 4.69) is 23.9 Å². The molecule has 0 aliphatic heterocycles. The monoisotopic (exact) mass is 278 g/mol. The molecule has 2 N–H and O–H groups in total. The lowest BCUT2D eigenvalue weighted by atomic mass is 10.2. The van der Waals surface area contributed by atoms with Crippen LogP contribution in [0.4, 0.5) is 0 Å². The average molecular weight is 279 g/mol. The van der Waals surface area contributed by atoms with Gasteiger partial charge in [-0.25, -0.2) is 9.67 Å². The minimum atomic E-state index is 0.290. The topological polar surface area (TPSA) is 56.7 Å². The molecule has 4 nitrogen and oxygen atoms in total. The lowest BCUT2D eigenvalue weighted by molar-refractivity contribution is 0.743. The van der Waals surface area contributed by atoms with Crippen LogP contribution >= 0.6 is 11.6 Å². The van der Waals surface area contributed by atoms with Crippen LogP contribution in [0.2, 0.25) is 5.02 Å². The molecule has 0 bridgehead atoms. The van der Waals surface area contributed by atoms with Crippen LogP contribution in [0.15, 0.2) is 18.2 Å². The molecule has 5 heteroatoms. The van der Waals surface area contributed by atoms with Gasteiger partial charge in [0.15, 0.2) is 5.82 Å². The number of rotatable bonds is 4.